The summed E-state index contributed by atoms with van der Waals surface area (Å²) < 4.78 is 0. The Morgan fingerprint density at radius 2 is 1.85 bits per heavy atom. The van der Waals surface area contributed by atoms with Gasteiger partial charge >= 0.3 is 0 Å². The van der Waals surface area contributed by atoms with Gasteiger partial charge in [0.2, 0.25) is 0 Å². The Morgan fingerprint density at radius 3 is 2.31 bits per heavy atom. The fourth-order valence-electron chi connectivity index (χ4n) is 1.44. The second kappa shape index (κ2) is 4.21. The van der Waals surface area contributed by atoms with Gasteiger partial charge in [-0.05, 0) is 13.3 Å². The molecule has 0 atom stereocenters. The number of hydrogen-bond donors (Lipinski definition) is 1. The third-order valence-electron chi connectivity index (χ3n) is 2.17. The molecule has 72 valence electrons. The number of anilines is 1. The summed E-state index contributed by atoms with van der Waals surface area (Å²) in [5.41, 5.74) is 2.32. The Morgan fingerprint density at radius 1 is 1.15 bits per heavy atom. The zero-order chi connectivity index (χ0) is 9.84. The summed E-state index contributed by atoms with van der Waals surface area (Å²) in [6.07, 6.45) is 1.87. The van der Waals surface area contributed by atoms with E-state index in [0.29, 0.717) is 0 Å². The third kappa shape index (κ3) is 1.97. The summed E-state index contributed by atoms with van der Waals surface area (Å²) in [6.45, 7) is 6.23. The quantitative estimate of drug-likeness (QED) is 0.770. The normalized spacial score (nSPS) is 10.2. The molecule has 0 amide bonds. The van der Waals surface area contributed by atoms with Crippen molar-refractivity contribution in [3.8, 4) is 0 Å². The van der Waals surface area contributed by atoms with Crippen LogP contribution in [0.4, 0.5) is 5.82 Å². The lowest BCUT2D eigenvalue weighted by Gasteiger charge is -2.10. The molecule has 0 aliphatic rings. The highest BCUT2D eigenvalue weighted by Gasteiger charge is 2.07. The van der Waals surface area contributed by atoms with E-state index in [1.165, 1.54) is 5.56 Å². The van der Waals surface area contributed by atoms with Gasteiger partial charge in [0.1, 0.15) is 11.6 Å². The van der Waals surface area contributed by atoms with E-state index < -0.39 is 0 Å². The average molecular weight is 179 g/mol. The van der Waals surface area contributed by atoms with Crippen LogP contribution in [0.25, 0.3) is 0 Å². The first-order chi connectivity index (χ1) is 6.22. The Balaban J connectivity index is 3.20. The minimum Gasteiger partial charge on any atom is -0.373 e. The van der Waals surface area contributed by atoms with Crippen LogP contribution in [0.15, 0.2) is 0 Å². The molecule has 0 aliphatic carbocycles. The molecule has 0 aliphatic heterocycles. The third-order valence-corrected chi connectivity index (χ3v) is 2.17. The molecule has 1 N–H and O–H groups in total. The van der Waals surface area contributed by atoms with Gasteiger partial charge in [0, 0.05) is 24.7 Å². The number of aryl methyl sites for hydroxylation is 2. The highest BCUT2D eigenvalue weighted by atomic mass is 15.0. The summed E-state index contributed by atoms with van der Waals surface area (Å²) in [4.78, 5) is 8.84. The standard InChI is InChI=1S/C10H17N3/c1-5-8-7(3)12-9(6-2)13-10(8)11-4/h5-6H2,1-4H3,(H,11,12,13). The lowest BCUT2D eigenvalue weighted by molar-refractivity contribution is 0.890. The minimum absolute atomic E-state index is 0.888. The van der Waals surface area contributed by atoms with Crippen LogP contribution in [-0.4, -0.2) is 17.0 Å². The molecule has 0 saturated carbocycles. The maximum atomic E-state index is 4.42. The first kappa shape index (κ1) is 9.96. The van der Waals surface area contributed by atoms with Gasteiger partial charge in [-0.25, -0.2) is 9.97 Å². The molecule has 0 aromatic carbocycles. The van der Waals surface area contributed by atoms with Crippen LogP contribution in [0.1, 0.15) is 30.9 Å². The van der Waals surface area contributed by atoms with Crippen molar-refractivity contribution in [1.82, 2.24) is 9.97 Å². The number of hydrogen-bond acceptors (Lipinski definition) is 3. The van der Waals surface area contributed by atoms with Crippen LogP contribution in [0, 0.1) is 6.92 Å². The minimum atomic E-state index is 0.888. The Bertz CT molecular complexity index is 294. The van der Waals surface area contributed by atoms with Crippen LogP contribution >= 0.6 is 0 Å². The van der Waals surface area contributed by atoms with Crippen LogP contribution in [-0.2, 0) is 12.8 Å². The Hall–Kier alpha value is -1.12. The van der Waals surface area contributed by atoms with Gasteiger partial charge in [0.05, 0.1) is 0 Å². The van der Waals surface area contributed by atoms with Gasteiger partial charge < -0.3 is 5.32 Å². The van der Waals surface area contributed by atoms with Crippen LogP contribution in [0.3, 0.4) is 0 Å². The summed E-state index contributed by atoms with van der Waals surface area (Å²) in [7, 11) is 1.90. The number of aromatic nitrogens is 2. The van der Waals surface area contributed by atoms with Crippen molar-refractivity contribution in [3.63, 3.8) is 0 Å². The van der Waals surface area contributed by atoms with Crippen molar-refractivity contribution < 1.29 is 0 Å². The number of rotatable bonds is 3. The number of nitrogens with zero attached hydrogens (tertiary/aromatic N) is 2. The van der Waals surface area contributed by atoms with E-state index >= 15 is 0 Å². The molecule has 1 aromatic rings. The first-order valence-electron chi connectivity index (χ1n) is 4.77. The lowest BCUT2D eigenvalue weighted by Crippen LogP contribution is -2.06. The molecular weight excluding hydrogens is 162 g/mol. The van der Waals surface area contributed by atoms with E-state index in [2.05, 4.69) is 29.1 Å². The lowest BCUT2D eigenvalue weighted by atomic mass is 10.1. The van der Waals surface area contributed by atoms with Crippen molar-refractivity contribution in [3.05, 3.63) is 17.1 Å². The molecule has 1 rings (SSSR count). The maximum absolute atomic E-state index is 4.42. The Kier molecular flexibility index (Phi) is 3.23. The van der Waals surface area contributed by atoms with Crippen molar-refractivity contribution in [2.75, 3.05) is 12.4 Å². The SMILES string of the molecule is CCc1nc(C)c(CC)c(NC)n1. The van der Waals surface area contributed by atoms with Gasteiger partial charge in [0.15, 0.2) is 0 Å². The van der Waals surface area contributed by atoms with Gasteiger partial charge in [0.25, 0.3) is 0 Å². The average Bonchev–Trinajstić information content (AvgIpc) is 2.16. The van der Waals surface area contributed by atoms with Crippen molar-refractivity contribution >= 4 is 5.82 Å². The molecule has 0 bridgehead atoms. The van der Waals surface area contributed by atoms with Gasteiger partial charge in [-0.15, -0.1) is 0 Å². The molecule has 0 radical (unpaired) electrons. The molecule has 3 heteroatoms. The molecular formula is C10H17N3. The summed E-state index contributed by atoms with van der Waals surface area (Å²) in [5, 5.41) is 3.11. The van der Waals surface area contributed by atoms with Gasteiger partial charge in [-0.3, -0.25) is 0 Å². The zero-order valence-corrected chi connectivity index (χ0v) is 8.81. The van der Waals surface area contributed by atoms with Gasteiger partial charge in [-0.1, -0.05) is 13.8 Å². The van der Waals surface area contributed by atoms with Crippen LogP contribution in [0.5, 0.6) is 0 Å². The Labute approximate surface area is 79.6 Å². The molecule has 0 spiro atoms. The maximum Gasteiger partial charge on any atom is 0.132 e. The molecule has 1 aromatic heterocycles. The highest BCUT2D eigenvalue weighted by Crippen LogP contribution is 2.16. The van der Waals surface area contributed by atoms with E-state index in [0.717, 1.165) is 30.2 Å². The van der Waals surface area contributed by atoms with Gasteiger partial charge in [-0.2, -0.15) is 0 Å². The van der Waals surface area contributed by atoms with Crippen LogP contribution < -0.4 is 5.32 Å². The fraction of sp³-hybridized carbons (Fsp3) is 0.600. The molecule has 0 unspecified atom stereocenters. The van der Waals surface area contributed by atoms with Crippen molar-refractivity contribution in [2.24, 2.45) is 0 Å². The van der Waals surface area contributed by atoms with Crippen molar-refractivity contribution in [2.45, 2.75) is 33.6 Å². The number of nitrogens with one attached hydrogen (secondary N) is 1. The fourth-order valence-corrected chi connectivity index (χ4v) is 1.44. The summed E-state index contributed by atoms with van der Waals surface area (Å²) in [6, 6.07) is 0. The molecule has 0 saturated heterocycles. The predicted molar refractivity (Wildman–Crippen MR) is 55.1 cm³/mol. The summed E-state index contributed by atoms with van der Waals surface area (Å²) in [5.74, 6) is 1.89. The first-order valence-corrected chi connectivity index (χ1v) is 4.77. The topological polar surface area (TPSA) is 37.8 Å². The zero-order valence-electron chi connectivity index (χ0n) is 8.81. The predicted octanol–water partition coefficient (Wildman–Crippen LogP) is 1.95. The van der Waals surface area contributed by atoms with E-state index in [-0.39, 0.29) is 0 Å². The van der Waals surface area contributed by atoms with E-state index in [1.807, 2.05) is 14.0 Å². The van der Waals surface area contributed by atoms with Crippen molar-refractivity contribution in [1.29, 1.82) is 0 Å². The van der Waals surface area contributed by atoms with Crippen LogP contribution in [0.2, 0.25) is 0 Å². The molecule has 3 nitrogen and oxygen atoms in total. The molecule has 0 fully saturated rings. The smallest absolute Gasteiger partial charge is 0.132 e. The molecule has 1 heterocycles. The van der Waals surface area contributed by atoms with E-state index in [9.17, 15) is 0 Å². The molecule has 13 heavy (non-hydrogen) atoms. The highest BCUT2D eigenvalue weighted by molar-refractivity contribution is 5.45. The second-order valence-electron chi connectivity index (χ2n) is 3.01. The van der Waals surface area contributed by atoms with E-state index in [1.54, 1.807) is 0 Å². The second-order valence-corrected chi connectivity index (χ2v) is 3.01. The monoisotopic (exact) mass is 179 g/mol. The largest absolute Gasteiger partial charge is 0.373 e. The van der Waals surface area contributed by atoms with E-state index in [4.69, 9.17) is 0 Å². The summed E-state index contributed by atoms with van der Waals surface area (Å²) >= 11 is 0.